The number of anilines is 2. The minimum Gasteiger partial charge on any atom is -0.349 e. The summed E-state index contributed by atoms with van der Waals surface area (Å²) < 4.78 is 8.62. The van der Waals surface area contributed by atoms with Crippen molar-refractivity contribution in [3.63, 3.8) is 0 Å². The fourth-order valence-electron chi connectivity index (χ4n) is 3.14. The summed E-state index contributed by atoms with van der Waals surface area (Å²) in [6.45, 7) is 5.68. The summed E-state index contributed by atoms with van der Waals surface area (Å²) in [4.78, 5) is 4.57. The van der Waals surface area contributed by atoms with Gasteiger partial charge in [-0.3, -0.25) is 0 Å². The van der Waals surface area contributed by atoms with Gasteiger partial charge in [-0.15, -0.1) is 0 Å². The molecule has 2 heterocycles. The van der Waals surface area contributed by atoms with Gasteiger partial charge < -0.3 is 9.80 Å². The molecular weight excluding hydrogens is 232 g/mol. The molecule has 0 radical (unpaired) electrons. The minimum atomic E-state index is -0.303. The van der Waals surface area contributed by atoms with Crippen LogP contribution < -0.4 is 9.80 Å². The summed E-state index contributed by atoms with van der Waals surface area (Å²) in [5.41, 5.74) is 7.42. The summed E-state index contributed by atoms with van der Waals surface area (Å²) in [5, 5.41) is 0. The van der Waals surface area contributed by atoms with Crippen LogP contribution in [-0.2, 0) is 13.1 Å². The lowest BCUT2D eigenvalue weighted by Gasteiger charge is -2.45. The molecule has 1 atom stereocenters. The van der Waals surface area contributed by atoms with Gasteiger partial charge in [0.05, 0.1) is 8.04 Å². The van der Waals surface area contributed by atoms with Gasteiger partial charge in [0.2, 0.25) is 0 Å². The Labute approximate surface area is 115 Å². The number of nitrogens with zero attached hydrogens (tertiary/aromatic N) is 2. The van der Waals surface area contributed by atoms with Crippen LogP contribution >= 0.6 is 0 Å². The molecule has 0 aromatic heterocycles. The van der Waals surface area contributed by atoms with E-state index in [1.165, 1.54) is 28.1 Å². The number of rotatable bonds is 0. The van der Waals surface area contributed by atoms with Gasteiger partial charge in [-0.1, -0.05) is 35.4 Å². The molecule has 2 heteroatoms. The fraction of sp³-hybridized carbons (Fsp3) is 0.294. The van der Waals surface area contributed by atoms with Gasteiger partial charge in [-0.2, -0.15) is 0 Å². The van der Waals surface area contributed by atoms with E-state index in [2.05, 4.69) is 60.0 Å². The molecule has 2 bridgehead atoms. The van der Waals surface area contributed by atoms with Crippen LogP contribution in [0.1, 0.15) is 23.6 Å². The predicted octanol–water partition coefficient (Wildman–Crippen LogP) is 3.60. The van der Waals surface area contributed by atoms with Gasteiger partial charge in [-0.05, 0) is 37.1 Å². The highest BCUT2D eigenvalue weighted by Gasteiger charge is 2.28. The topological polar surface area (TPSA) is 6.48 Å². The monoisotopic (exact) mass is 251 g/mol. The molecule has 2 aliphatic rings. The van der Waals surface area contributed by atoms with Crippen molar-refractivity contribution >= 4 is 11.4 Å². The van der Waals surface area contributed by atoms with E-state index in [9.17, 15) is 0 Å². The lowest BCUT2D eigenvalue weighted by atomic mass is 9.99. The van der Waals surface area contributed by atoms with Gasteiger partial charge >= 0.3 is 0 Å². The Morgan fingerprint density at radius 3 is 2.26 bits per heavy atom. The molecule has 2 aliphatic heterocycles. The Balaban J connectivity index is 1.89. The zero-order valence-electron chi connectivity index (χ0n) is 12.4. The third-order valence-corrected chi connectivity index (χ3v) is 4.05. The van der Waals surface area contributed by atoms with Crippen LogP contribution in [0.15, 0.2) is 36.4 Å². The zero-order valence-corrected chi connectivity index (χ0v) is 11.4. The van der Waals surface area contributed by atoms with Gasteiger partial charge in [0.25, 0.3) is 0 Å². The van der Waals surface area contributed by atoms with Crippen molar-refractivity contribution in [2.24, 2.45) is 0 Å². The molecule has 0 N–H and O–H groups in total. The largest absolute Gasteiger partial charge is 0.349 e. The summed E-state index contributed by atoms with van der Waals surface area (Å²) >= 11 is 0. The average Bonchev–Trinajstić information content (AvgIpc) is 2.44. The maximum Gasteiger partial charge on any atom is 0.0910 e. The Bertz CT molecular complexity index is 695. The average molecular weight is 251 g/mol. The maximum atomic E-state index is 8.62. The van der Waals surface area contributed by atoms with E-state index >= 15 is 0 Å². The molecule has 2 nitrogen and oxygen atoms in total. The first-order valence-electron chi connectivity index (χ1n) is 7.35. The van der Waals surface area contributed by atoms with Crippen LogP contribution in [0.25, 0.3) is 0 Å². The van der Waals surface area contributed by atoms with Crippen molar-refractivity contribution in [1.29, 1.82) is 0 Å². The molecule has 0 fully saturated rings. The van der Waals surface area contributed by atoms with E-state index in [1.807, 2.05) is 0 Å². The molecule has 0 spiro atoms. The van der Waals surface area contributed by atoms with Crippen molar-refractivity contribution < 1.29 is 1.37 Å². The van der Waals surface area contributed by atoms with Crippen molar-refractivity contribution in [1.82, 2.24) is 0 Å². The normalized spacial score (nSPS) is 20.7. The molecule has 0 saturated heterocycles. The van der Waals surface area contributed by atoms with E-state index in [4.69, 9.17) is 1.37 Å². The number of aryl methyl sites for hydroxylation is 2. The zero-order chi connectivity index (χ0) is 13.9. The Morgan fingerprint density at radius 1 is 0.895 bits per heavy atom. The van der Waals surface area contributed by atoms with Crippen LogP contribution in [0, 0.1) is 13.8 Å². The fourth-order valence-corrected chi connectivity index (χ4v) is 3.14. The smallest absolute Gasteiger partial charge is 0.0910 e. The predicted molar refractivity (Wildman–Crippen MR) is 79.6 cm³/mol. The highest BCUT2D eigenvalue weighted by atomic mass is 15.4. The van der Waals surface area contributed by atoms with Crippen molar-refractivity contribution in [2.45, 2.75) is 26.9 Å². The van der Waals surface area contributed by atoms with E-state index in [0.717, 1.165) is 18.8 Å². The quantitative estimate of drug-likeness (QED) is 0.706. The van der Waals surface area contributed by atoms with Gasteiger partial charge in [-0.25, -0.2) is 0 Å². The number of fused-ring (bicyclic) bond motifs is 6. The Kier molecular flexibility index (Phi) is 1.96. The third kappa shape index (κ3) is 1.63. The van der Waals surface area contributed by atoms with Crippen LogP contribution in [0.4, 0.5) is 11.4 Å². The maximum absolute atomic E-state index is 8.62. The summed E-state index contributed by atoms with van der Waals surface area (Å²) in [6, 6.07) is 13.0. The Morgan fingerprint density at radius 2 is 1.53 bits per heavy atom. The lowest BCUT2D eigenvalue weighted by molar-refractivity contribution is 0.650. The standard InChI is InChI=1S/C17H18N2/c1-12-3-5-16-14(7-12)9-18-11-19(16)10-15-8-13(2)4-6-17(15)18/h3-8H,9-11H2,1-2H3/i9D/t9-/m1/s1. The summed E-state index contributed by atoms with van der Waals surface area (Å²) in [5.74, 6) is 0. The molecule has 96 valence electrons. The van der Waals surface area contributed by atoms with E-state index < -0.39 is 0 Å². The molecule has 4 rings (SSSR count). The second-order valence-corrected chi connectivity index (χ2v) is 5.63. The summed E-state index contributed by atoms with van der Waals surface area (Å²) in [6.07, 6.45) is 0. The van der Waals surface area contributed by atoms with Crippen molar-refractivity contribution in [3.8, 4) is 0 Å². The molecule has 2 aromatic carbocycles. The molecule has 0 aliphatic carbocycles. The van der Waals surface area contributed by atoms with Crippen molar-refractivity contribution in [2.75, 3.05) is 16.5 Å². The van der Waals surface area contributed by atoms with E-state index in [-0.39, 0.29) is 6.52 Å². The summed E-state index contributed by atoms with van der Waals surface area (Å²) in [7, 11) is 0. The van der Waals surface area contributed by atoms with Gasteiger partial charge in [0, 0.05) is 24.4 Å². The van der Waals surface area contributed by atoms with Crippen LogP contribution in [0.3, 0.4) is 0 Å². The first-order valence-corrected chi connectivity index (χ1v) is 6.77. The molecule has 19 heavy (non-hydrogen) atoms. The highest BCUT2D eigenvalue weighted by molar-refractivity contribution is 5.68. The molecule has 2 aromatic rings. The van der Waals surface area contributed by atoms with Crippen LogP contribution in [-0.4, -0.2) is 6.67 Å². The van der Waals surface area contributed by atoms with Gasteiger partial charge in [0.15, 0.2) is 0 Å². The SMILES string of the molecule is [2H][C@@H]1c2cc(C)ccc2N2Cc3cc(C)ccc3N1C2. The second-order valence-electron chi connectivity index (χ2n) is 5.63. The number of benzene rings is 2. The Hall–Kier alpha value is -1.96. The molecule has 0 unspecified atom stereocenters. The molecule has 0 saturated carbocycles. The van der Waals surface area contributed by atoms with E-state index in [1.54, 1.807) is 0 Å². The van der Waals surface area contributed by atoms with Crippen LogP contribution in [0.2, 0.25) is 0 Å². The van der Waals surface area contributed by atoms with Gasteiger partial charge in [0.1, 0.15) is 0 Å². The molecule has 0 amide bonds. The molecular formula is C17H18N2. The number of hydrogen-bond donors (Lipinski definition) is 0. The van der Waals surface area contributed by atoms with Crippen molar-refractivity contribution in [3.05, 3.63) is 58.7 Å². The minimum absolute atomic E-state index is 0.303. The highest BCUT2D eigenvalue weighted by Crippen LogP contribution is 2.38. The number of hydrogen-bond acceptors (Lipinski definition) is 2. The van der Waals surface area contributed by atoms with E-state index in [0.29, 0.717) is 0 Å². The van der Waals surface area contributed by atoms with Crippen LogP contribution in [0.5, 0.6) is 0 Å². The first kappa shape index (κ1) is 9.90. The first-order chi connectivity index (χ1) is 9.63. The third-order valence-electron chi connectivity index (χ3n) is 4.05. The lowest BCUT2D eigenvalue weighted by Crippen LogP contribution is -2.46. The second kappa shape index (κ2) is 3.77.